The summed E-state index contributed by atoms with van der Waals surface area (Å²) in [6.45, 7) is 0.371. The third-order valence-corrected chi connectivity index (χ3v) is 3.15. The maximum Gasteiger partial charge on any atom is 0.226 e. The zero-order chi connectivity index (χ0) is 13.7. The van der Waals surface area contributed by atoms with Gasteiger partial charge in [0.15, 0.2) is 5.13 Å². The largest absolute Gasteiger partial charge is 0.481 e. The summed E-state index contributed by atoms with van der Waals surface area (Å²) in [6, 6.07) is 3.65. The van der Waals surface area contributed by atoms with Crippen LogP contribution < -0.4 is 15.8 Å². The van der Waals surface area contributed by atoms with Crippen LogP contribution in [-0.2, 0) is 17.8 Å². The third kappa shape index (κ3) is 3.65. The topological polar surface area (TPSA) is 90.1 Å². The van der Waals surface area contributed by atoms with Crippen molar-refractivity contribution in [3.05, 3.63) is 35.0 Å². The summed E-state index contributed by atoms with van der Waals surface area (Å²) in [6.07, 6.45) is 1.86. The van der Waals surface area contributed by atoms with E-state index in [-0.39, 0.29) is 12.3 Å². The van der Waals surface area contributed by atoms with Crippen molar-refractivity contribution >= 4 is 22.4 Å². The fourth-order valence-electron chi connectivity index (χ4n) is 1.57. The first-order valence-corrected chi connectivity index (χ1v) is 6.51. The monoisotopic (exact) mass is 278 g/mol. The minimum absolute atomic E-state index is 0.115. The maximum atomic E-state index is 11.7. The average molecular weight is 278 g/mol. The van der Waals surface area contributed by atoms with E-state index < -0.39 is 0 Å². The molecular formula is C12H14N4O2S. The average Bonchev–Trinajstić information content (AvgIpc) is 2.82. The first kappa shape index (κ1) is 13.3. The minimum atomic E-state index is -0.115. The molecule has 7 heteroatoms. The molecular weight excluding hydrogens is 264 g/mol. The van der Waals surface area contributed by atoms with E-state index >= 15 is 0 Å². The lowest BCUT2D eigenvalue weighted by atomic mass is 10.2. The second-order valence-corrected chi connectivity index (χ2v) is 4.69. The lowest BCUT2D eigenvalue weighted by Gasteiger charge is -2.07. The first-order chi connectivity index (χ1) is 9.19. The van der Waals surface area contributed by atoms with Gasteiger partial charge in [-0.05, 0) is 6.07 Å². The van der Waals surface area contributed by atoms with Gasteiger partial charge in [0.25, 0.3) is 0 Å². The van der Waals surface area contributed by atoms with Crippen molar-refractivity contribution in [1.82, 2.24) is 15.3 Å². The second-order valence-electron chi connectivity index (χ2n) is 3.80. The number of aromatic nitrogens is 2. The molecule has 0 aliphatic heterocycles. The number of rotatable bonds is 5. The van der Waals surface area contributed by atoms with Crippen molar-refractivity contribution in [3.63, 3.8) is 0 Å². The number of hydrogen-bond acceptors (Lipinski definition) is 6. The molecule has 0 spiro atoms. The van der Waals surface area contributed by atoms with Crippen LogP contribution in [-0.4, -0.2) is 23.0 Å². The van der Waals surface area contributed by atoms with Crippen molar-refractivity contribution in [3.8, 4) is 5.88 Å². The molecule has 0 aliphatic carbocycles. The van der Waals surface area contributed by atoms with Crippen LogP contribution in [0, 0.1) is 0 Å². The van der Waals surface area contributed by atoms with Crippen molar-refractivity contribution in [2.45, 2.75) is 13.0 Å². The van der Waals surface area contributed by atoms with Crippen LogP contribution in [0.25, 0.3) is 0 Å². The van der Waals surface area contributed by atoms with E-state index in [0.717, 1.165) is 5.56 Å². The Morgan fingerprint density at radius 2 is 2.42 bits per heavy atom. The van der Waals surface area contributed by atoms with E-state index in [2.05, 4.69) is 15.3 Å². The zero-order valence-electron chi connectivity index (χ0n) is 10.4. The lowest BCUT2D eigenvalue weighted by Crippen LogP contribution is -2.25. The molecule has 0 radical (unpaired) electrons. The molecule has 0 bridgehead atoms. The molecule has 2 rings (SSSR count). The number of anilines is 1. The van der Waals surface area contributed by atoms with Gasteiger partial charge in [-0.3, -0.25) is 4.79 Å². The Bertz CT molecular complexity index is 570. The first-order valence-electron chi connectivity index (χ1n) is 5.63. The number of thiazole rings is 1. The summed E-state index contributed by atoms with van der Waals surface area (Å²) in [5.74, 6) is 0.400. The van der Waals surface area contributed by atoms with Crippen molar-refractivity contribution in [2.75, 3.05) is 12.8 Å². The third-order valence-electron chi connectivity index (χ3n) is 2.43. The van der Waals surface area contributed by atoms with Gasteiger partial charge in [-0.2, -0.15) is 0 Å². The van der Waals surface area contributed by atoms with Crippen LogP contribution in [0.1, 0.15) is 11.3 Å². The van der Waals surface area contributed by atoms with Gasteiger partial charge < -0.3 is 15.8 Å². The Morgan fingerprint density at radius 3 is 3.11 bits per heavy atom. The van der Waals surface area contributed by atoms with Gasteiger partial charge in [0.2, 0.25) is 11.8 Å². The normalized spacial score (nSPS) is 10.2. The Hall–Kier alpha value is -2.15. The molecule has 100 valence electrons. The molecule has 0 saturated carbocycles. The van der Waals surface area contributed by atoms with Gasteiger partial charge in [0.1, 0.15) is 0 Å². The van der Waals surface area contributed by atoms with Crippen LogP contribution >= 0.6 is 11.3 Å². The van der Waals surface area contributed by atoms with Crippen molar-refractivity contribution < 1.29 is 9.53 Å². The highest BCUT2D eigenvalue weighted by Crippen LogP contribution is 2.13. The number of nitrogens with two attached hydrogens (primary N) is 1. The Labute approximate surface area is 114 Å². The number of nitrogen functional groups attached to an aromatic ring is 1. The highest BCUT2D eigenvalue weighted by Gasteiger charge is 2.08. The molecule has 0 aliphatic rings. The van der Waals surface area contributed by atoms with E-state index in [9.17, 15) is 4.79 Å². The summed E-state index contributed by atoms with van der Waals surface area (Å²) in [4.78, 5) is 19.8. The summed E-state index contributed by atoms with van der Waals surface area (Å²) < 4.78 is 5.11. The predicted octanol–water partition coefficient (Wildman–Crippen LogP) is 0.988. The fourth-order valence-corrected chi connectivity index (χ4v) is 2.13. The van der Waals surface area contributed by atoms with Crippen LogP contribution in [0.5, 0.6) is 5.88 Å². The summed E-state index contributed by atoms with van der Waals surface area (Å²) in [7, 11) is 1.55. The SMILES string of the molecule is COc1ncccc1CNC(=O)Cc1csc(N)n1. The van der Waals surface area contributed by atoms with Gasteiger partial charge >= 0.3 is 0 Å². The number of nitrogens with one attached hydrogen (secondary N) is 1. The van der Waals surface area contributed by atoms with Crippen LogP contribution in [0.3, 0.4) is 0 Å². The van der Waals surface area contributed by atoms with Gasteiger partial charge in [0, 0.05) is 23.7 Å². The Balaban J connectivity index is 1.89. The molecule has 0 saturated heterocycles. The number of nitrogens with zero attached hydrogens (tertiary/aromatic N) is 2. The molecule has 6 nitrogen and oxygen atoms in total. The molecule has 0 atom stereocenters. The highest BCUT2D eigenvalue weighted by atomic mass is 32.1. The molecule has 0 aromatic carbocycles. The fraction of sp³-hybridized carbons (Fsp3) is 0.250. The summed E-state index contributed by atoms with van der Waals surface area (Å²) in [5.41, 5.74) is 7.02. The molecule has 0 unspecified atom stereocenters. The number of amides is 1. The van der Waals surface area contributed by atoms with Gasteiger partial charge in [0.05, 0.1) is 19.2 Å². The van der Waals surface area contributed by atoms with Crippen LogP contribution in [0.2, 0.25) is 0 Å². The molecule has 2 heterocycles. The van der Waals surface area contributed by atoms with Gasteiger partial charge in [-0.1, -0.05) is 6.07 Å². The van der Waals surface area contributed by atoms with Crippen molar-refractivity contribution in [2.24, 2.45) is 0 Å². The molecule has 1 amide bonds. The molecule has 19 heavy (non-hydrogen) atoms. The van der Waals surface area contributed by atoms with E-state index in [1.54, 1.807) is 24.8 Å². The number of ether oxygens (including phenoxy) is 1. The summed E-state index contributed by atoms with van der Waals surface area (Å²) >= 11 is 1.32. The summed E-state index contributed by atoms with van der Waals surface area (Å²) in [5, 5.41) is 5.04. The van der Waals surface area contributed by atoms with E-state index in [1.165, 1.54) is 11.3 Å². The smallest absolute Gasteiger partial charge is 0.226 e. The zero-order valence-corrected chi connectivity index (χ0v) is 11.2. The van der Waals surface area contributed by atoms with Gasteiger partial charge in [-0.25, -0.2) is 9.97 Å². The van der Waals surface area contributed by atoms with Crippen LogP contribution in [0.15, 0.2) is 23.7 Å². The van der Waals surface area contributed by atoms with Gasteiger partial charge in [-0.15, -0.1) is 11.3 Å². The van der Waals surface area contributed by atoms with E-state index in [4.69, 9.17) is 10.5 Å². The molecule has 3 N–H and O–H groups in total. The number of methoxy groups -OCH3 is 1. The quantitative estimate of drug-likeness (QED) is 0.851. The number of hydrogen-bond donors (Lipinski definition) is 2. The predicted molar refractivity (Wildman–Crippen MR) is 72.9 cm³/mol. The van der Waals surface area contributed by atoms with E-state index in [0.29, 0.717) is 23.3 Å². The Morgan fingerprint density at radius 1 is 1.58 bits per heavy atom. The second kappa shape index (κ2) is 6.14. The number of carbonyl (C=O) groups is 1. The molecule has 2 aromatic heterocycles. The minimum Gasteiger partial charge on any atom is -0.481 e. The number of pyridine rings is 1. The highest BCUT2D eigenvalue weighted by molar-refractivity contribution is 7.13. The lowest BCUT2D eigenvalue weighted by molar-refractivity contribution is -0.120. The molecule has 0 fully saturated rings. The standard InChI is InChI=1S/C12H14N4O2S/c1-18-11-8(3-2-4-14-11)6-15-10(17)5-9-7-19-12(13)16-9/h2-4,7H,5-6H2,1H3,(H2,13,16)(H,15,17). The maximum absolute atomic E-state index is 11.7. The van der Waals surface area contributed by atoms with Crippen molar-refractivity contribution in [1.29, 1.82) is 0 Å². The van der Waals surface area contributed by atoms with Crippen LogP contribution in [0.4, 0.5) is 5.13 Å². The number of carbonyl (C=O) groups excluding carboxylic acids is 1. The van der Waals surface area contributed by atoms with E-state index in [1.807, 2.05) is 6.07 Å². The molecule has 2 aromatic rings. The Kier molecular flexibility index (Phi) is 4.30.